The lowest BCUT2D eigenvalue weighted by Crippen LogP contribution is -2.14. The van der Waals surface area contributed by atoms with Crippen LogP contribution in [-0.4, -0.2) is 26.5 Å². The van der Waals surface area contributed by atoms with Crippen molar-refractivity contribution in [1.29, 1.82) is 0 Å². The van der Waals surface area contributed by atoms with Crippen LogP contribution in [0, 0.1) is 0 Å². The molecule has 3 aromatic rings. The van der Waals surface area contributed by atoms with Crippen molar-refractivity contribution >= 4 is 21.6 Å². The first-order valence-corrected chi connectivity index (χ1v) is 7.22. The van der Waals surface area contributed by atoms with Gasteiger partial charge in [0.2, 0.25) is 5.88 Å². The van der Waals surface area contributed by atoms with Crippen LogP contribution in [0.3, 0.4) is 0 Å². The minimum absolute atomic E-state index is 0.623. The second kappa shape index (κ2) is 6.19. The number of fused-ring (bicyclic) bond motifs is 1. The van der Waals surface area contributed by atoms with Crippen molar-refractivity contribution < 1.29 is 4.74 Å². The fourth-order valence-corrected chi connectivity index (χ4v) is 2.33. The number of pyridine rings is 1. The molecule has 21 heavy (non-hydrogen) atoms. The molecule has 0 unspecified atom stereocenters. The Hall–Kier alpha value is -1.99. The monoisotopic (exact) mass is 347 g/mol. The van der Waals surface area contributed by atoms with Gasteiger partial charge in [0.25, 0.3) is 0 Å². The van der Waals surface area contributed by atoms with E-state index >= 15 is 0 Å². The van der Waals surface area contributed by atoms with Crippen molar-refractivity contribution in [3.63, 3.8) is 0 Å². The van der Waals surface area contributed by atoms with Crippen molar-refractivity contribution in [3.8, 4) is 5.88 Å². The average Bonchev–Trinajstić information content (AvgIpc) is 2.90. The molecule has 0 spiro atoms. The molecule has 0 amide bonds. The maximum Gasteiger partial charge on any atom is 0.212 e. The molecule has 6 nitrogen and oxygen atoms in total. The number of aromatic nitrogens is 4. The van der Waals surface area contributed by atoms with Gasteiger partial charge in [0.05, 0.1) is 25.2 Å². The zero-order chi connectivity index (χ0) is 14.7. The largest absolute Gasteiger partial charge is 0.481 e. The molecule has 0 atom stereocenters. The van der Waals surface area contributed by atoms with Crippen molar-refractivity contribution in [1.82, 2.24) is 24.7 Å². The maximum absolute atomic E-state index is 5.04. The molecule has 108 valence electrons. The van der Waals surface area contributed by atoms with Crippen LogP contribution in [0.2, 0.25) is 0 Å². The zero-order valence-electron chi connectivity index (χ0n) is 11.5. The van der Waals surface area contributed by atoms with Gasteiger partial charge >= 0.3 is 0 Å². The average molecular weight is 348 g/mol. The second-order valence-electron chi connectivity index (χ2n) is 4.50. The zero-order valence-corrected chi connectivity index (χ0v) is 13.0. The Bertz CT molecular complexity index is 741. The van der Waals surface area contributed by atoms with Crippen LogP contribution in [0.4, 0.5) is 0 Å². The summed E-state index contributed by atoms with van der Waals surface area (Å²) in [4.78, 5) is 12.7. The highest BCUT2D eigenvalue weighted by Crippen LogP contribution is 2.11. The van der Waals surface area contributed by atoms with Gasteiger partial charge in [0.1, 0.15) is 4.60 Å². The molecule has 7 heteroatoms. The number of methoxy groups -OCH3 is 1. The van der Waals surface area contributed by atoms with E-state index in [-0.39, 0.29) is 0 Å². The maximum atomic E-state index is 5.04. The van der Waals surface area contributed by atoms with Gasteiger partial charge in [0.15, 0.2) is 5.65 Å². The highest BCUT2D eigenvalue weighted by Gasteiger charge is 2.04. The fourth-order valence-electron chi connectivity index (χ4n) is 2.02. The normalized spacial score (nSPS) is 11.0. The van der Waals surface area contributed by atoms with Gasteiger partial charge < -0.3 is 10.1 Å². The molecule has 0 saturated heterocycles. The van der Waals surface area contributed by atoms with Gasteiger partial charge in [-0.2, -0.15) is 0 Å². The Kier molecular flexibility index (Phi) is 4.12. The number of hydrogen-bond donors (Lipinski definition) is 1. The van der Waals surface area contributed by atoms with Gasteiger partial charge in [-0.15, -0.1) is 0 Å². The minimum Gasteiger partial charge on any atom is -0.481 e. The molecule has 0 aromatic carbocycles. The number of nitrogens with one attached hydrogen (secondary N) is 1. The number of imidazole rings is 1. The first-order chi connectivity index (χ1) is 10.3. The number of hydrogen-bond acceptors (Lipinski definition) is 5. The number of rotatable bonds is 5. The van der Waals surface area contributed by atoms with E-state index in [1.807, 2.05) is 28.9 Å². The minimum atomic E-state index is 0.623. The third kappa shape index (κ3) is 3.20. The van der Waals surface area contributed by atoms with Crippen molar-refractivity contribution in [2.45, 2.75) is 13.1 Å². The smallest absolute Gasteiger partial charge is 0.212 e. The highest BCUT2D eigenvalue weighted by molar-refractivity contribution is 9.10. The van der Waals surface area contributed by atoms with Gasteiger partial charge in [-0.25, -0.2) is 15.0 Å². The number of nitrogens with zero attached hydrogens (tertiary/aromatic N) is 4. The Morgan fingerprint density at radius 2 is 2.05 bits per heavy atom. The predicted molar refractivity (Wildman–Crippen MR) is 82.0 cm³/mol. The standard InChI is InChI=1S/C14H14BrN5O/c1-21-14-3-2-10(5-19-14)4-16-6-11-7-18-13-8-17-12(15)9-20(11)13/h2-3,5,7-9,16H,4,6H2,1H3. The molecular formula is C14H14BrN5O. The van der Waals surface area contributed by atoms with Crippen LogP contribution in [0.5, 0.6) is 5.88 Å². The third-order valence-electron chi connectivity index (χ3n) is 3.08. The van der Waals surface area contributed by atoms with Crippen LogP contribution in [0.25, 0.3) is 5.65 Å². The predicted octanol–water partition coefficient (Wildman–Crippen LogP) is 2.19. The first-order valence-electron chi connectivity index (χ1n) is 6.43. The Balaban J connectivity index is 1.64. The van der Waals surface area contributed by atoms with E-state index in [1.54, 1.807) is 19.5 Å². The summed E-state index contributed by atoms with van der Waals surface area (Å²) in [5, 5.41) is 3.38. The lowest BCUT2D eigenvalue weighted by atomic mass is 10.3. The third-order valence-corrected chi connectivity index (χ3v) is 3.49. The van der Waals surface area contributed by atoms with Crippen LogP contribution >= 0.6 is 15.9 Å². The van der Waals surface area contributed by atoms with Gasteiger partial charge in [-0.1, -0.05) is 6.07 Å². The number of halogens is 1. The molecule has 0 aliphatic rings. The van der Waals surface area contributed by atoms with Gasteiger partial charge in [-0.05, 0) is 21.5 Å². The van der Waals surface area contributed by atoms with Crippen molar-refractivity contribution in [3.05, 3.63) is 52.8 Å². The fraction of sp³-hybridized carbons (Fsp3) is 0.214. The summed E-state index contributed by atoms with van der Waals surface area (Å²) < 4.78 is 7.83. The Labute approximate surface area is 130 Å². The molecule has 0 radical (unpaired) electrons. The molecule has 3 rings (SSSR count). The summed E-state index contributed by atoms with van der Waals surface area (Å²) in [6.07, 6.45) is 7.30. The first kappa shape index (κ1) is 14.0. The molecule has 0 saturated carbocycles. The molecule has 1 N–H and O–H groups in total. The second-order valence-corrected chi connectivity index (χ2v) is 5.31. The van der Waals surface area contributed by atoms with E-state index in [2.05, 4.69) is 36.2 Å². The topological polar surface area (TPSA) is 64.3 Å². The molecule has 0 aliphatic heterocycles. The Morgan fingerprint density at radius 1 is 1.14 bits per heavy atom. The highest BCUT2D eigenvalue weighted by atomic mass is 79.9. The summed E-state index contributed by atoms with van der Waals surface area (Å²) in [7, 11) is 1.61. The summed E-state index contributed by atoms with van der Waals surface area (Å²) in [5.41, 5.74) is 3.02. The van der Waals surface area contributed by atoms with Gasteiger partial charge in [-0.3, -0.25) is 4.40 Å². The SMILES string of the molecule is COc1ccc(CNCc2cnc3cnc(Br)cn23)cn1. The van der Waals surface area contributed by atoms with E-state index in [0.29, 0.717) is 12.4 Å². The van der Waals surface area contributed by atoms with Crippen LogP contribution in [0.1, 0.15) is 11.3 Å². The summed E-state index contributed by atoms with van der Waals surface area (Å²) >= 11 is 3.37. The van der Waals surface area contributed by atoms with E-state index < -0.39 is 0 Å². The van der Waals surface area contributed by atoms with Crippen molar-refractivity contribution in [2.24, 2.45) is 0 Å². The molecule has 0 aliphatic carbocycles. The van der Waals surface area contributed by atoms with E-state index in [1.165, 1.54) is 0 Å². The van der Waals surface area contributed by atoms with Crippen LogP contribution < -0.4 is 10.1 Å². The van der Waals surface area contributed by atoms with E-state index in [9.17, 15) is 0 Å². The Morgan fingerprint density at radius 3 is 2.81 bits per heavy atom. The number of ether oxygens (including phenoxy) is 1. The van der Waals surface area contributed by atoms with Crippen LogP contribution in [0.15, 0.2) is 41.5 Å². The van der Waals surface area contributed by atoms with E-state index in [4.69, 9.17) is 4.74 Å². The van der Waals surface area contributed by atoms with Gasteiger partial charge in [0, 0.05) is 31.5 Å². The summed E-state index contributed by atoms with van der Waals surface area (Å²) in [5.74, 6) is 0.623. The molecule has 3 heterocycles. The van der Waals surface area contributed by atoms with Crippen LogP contribution in [-0.2, 0) is 13.1 Å². The molecule has 0 fully saturated rings. The molecule has 3 aromatic heterocycles. The van der Waals surface area contributed by atoms with E-state index in [0.717, 1.165) is 28.1 Å². The lowest BCUT2D eigenvalue weighted by Gasteiger charge is -2.06. The quantitative estimate of drug-likeness (QED) is 0.766. The summed E-state index contributed by atoms with van der Waals surface area (Å²) in [6, 6.07) is 3.85. The molecular weight excluding hydrogens is 334 g/mol. The molecule has 0 bridgehead atoms. The summed E-state index contributed by atoms with van der Waals surface area (Å²) in [6.45, 7) is 1.44. The lowest BCUT2D eigenvalue weighted by molar-refractivity contribution is 0.397. The van der Waals surface area contributed by atoms with Crippen molar-refractivity contribution in [2.75, 3.05) is 7.11 Å².